The first-order valence-electron chi connectivity index (χ1n) is 9.81. The van der Waals surface area contributed by atoms with Crippen LogP contribution in [0.25, 0.3) is 11.1 Å². The van der Waals surface area contributed by atoms with Crippen LogP contribution in [-0.4, -0.2) is 69.7 Å². The molecule has 2 N–H and O–H groups in total. The van der Waals surface area contributed by atoms with Crippen LogP contribution in [0.4, 0.5) is 4.39 Å². The molecule has 1 aliphatic heterocycles. The van der Waals surface area contributed by atoms with E-state index >= 15 is 0 Å². The molecule has 2 aromatic carbocycles. The van der Waals surface area contributed by atoms with E-state index in [1.54, 1.807) is 41.3 Å². The van der Waals surface area contributed by atoms with Gasteiger partial charge in [0.15, 0.2) is 0 Å². The molecule has 8 heteroatoms. The molecule has 2 aliphatic rings. The molecule has 0 bridgehead atoms. The second kappa shape index (κ2) is 7.98. The molecule has 0 aromatic heterocycles. The Morgan fingerprint density at radius 3 is 2.43 bits per heavy atom. The van der Waals surface area contributed by atoms with Crippen LogP contribution in [0.1, 0.15) is 23.2 Å². The van der Waals surface area contributed by atoms with Gasteiger partial charge >= 0.3 is 0 Å². The van der Waals surface area contributed by atoms with Gasteiger partial charge in [-0.1, -0.05) is 23.7 Å². The number of carbonyl (C=O) groups excluding carboxylic acids is 2. The van der Waals surface area contributed by atoms with Crippen molar-refractivity contribution >= 4 is 23.4 Å². The number of nitrogens with zero attached hydrogens (tertiary/aromatic N) is 2. The predicted molar refractivity (Wildman–Crippen MR) is 110 cm³/mol. The first-order chi connectivity index (χ1) is 14.3. The molecule has 1 atom stereocenters. The first-order valence-corrected chi connectivity index (χ1v) is 10.2. The highest BCUT2D eigenvalue weighted by Crippen LogP contribution is 2.37. The number of benzene rings is 2. The van der Waals surface area contributed by atoms with Crippen molar-refractivity contribution in [2.24, 2.45) is 0 Å². The lowest BCUT2D eigenvalue weighted by Gasteiger charge is -2.41. The maximum absolute atomic E-state index is 14.1. The van der Waals surface area contributed by atoms with Gasteiger partial charge in [0.2, 0.25) is 0 Å². The summed E-state index contributed by atoms with van der Waals surface area (Å²) in [6, 6.07) is 10.4. The third-order valence-electron chi connectivity index (χ3n) is 5.74. The summed E-state index contributed by atoms with van der Waals surface area (Å²) < 4.78 is 14.1. The van der Waals surface area contributed by atoms with E-state index in [0.717, 1.165) is 0 Å². The number of piperazine rings is 1. The van der Waals surface area contributed by atoms with Crippen LogP contribution >= 0.6 is 11.6 Å². The summed E-state index contributed by atoms with van der Waals surface area (Å²) in [7, 11) is 0. The molecular weight excluding hydrogens is 411 g/mol. The quantitative estimate of drug-likeness (QED) is 0.777. The Morgan fingerprint density at radius 1 is 1.13 bits per heavy atom. The zero-order valence-electron chi connectivity index (χ0n) is 16.2. The Bertz CT molecular complexity index is 978. The van der Waals surface area contributed by atoms with Crippen molar-refractivity contribution in [2.45, 2.75) is 24.5 Å². The van der Waals surface area contributed by atoms with Gasteiger partial charge in [0, 0.05) is 35.8 Å². The highest BCUT2D eigenvalue weighted by atomic mass is 35.5. The maximum atomic E-state index is 14.1. The van der Waals surface area contributed by atoms with Gasteiger partial charge in [-0.2, -0.15) is 0 Å². The standard InChI is InChI=1S/C22H22ClFN2O4/c23-16-5-6-18(19(24)11-16)14-1-3-15(4-2-14)20(28)26-10-9-25(12-17(26)13-27)21(29)22(30)7-8-22/h1-6,11,17,27,30H,7-10,12-13H2/t17-/m0/s1. The highest BCUT2D eigenvalue weighted by molar-refractivity contribution is 6.30. The van der Waals surface area contributed by atoms with Crippen molar-refractivity contribution in [1.82, 2.24) is 9.80 Å². The number of amides is 2. The zero-order valence-corrected chi connectivity index (χ0v) is 17.0. The minimum absolute atomic E-state index is 0.178. The van der Waals surface area contributed by atoms with E-state index in [0.29, 0.717) is 41.1 Å². The molecule has 0 spiro atoms. The number of halogens is 2. The second-order valence-corrected chi connectivity index (χ2v) is 8.26. The number of hydrogen-bond acceptors (Lipinski definition) is 4. The first kappa shape index (κ1) is 20.8. The normalized spacial score (nSPS) is 20.2. The average Bonchev–Trinajstić information content (AvgIpc) is 3.51. The van der Waals surface area contributed by atoms with E-state index in [1.165, 1.54) is 11.0 Å². The minimum atomic E-state index is -1.26. The van der Waals surface area contributed by atoms with Crippen molar-refractivity contribution in [3.05, 3.63) is 58.9 Å². The summed E-state index contributed by atoms with van der Waals surface area (Å²) in [5, 5.41) is 20.1. The van der Waals surface area contributed by atoms with Crippen LogP contribution in [0, 0.1) is 5.82 Å². The zero-order chi connectivity index (χ0) is 21.5. The summed E-state index contributed by atoms with van der Waals surface area (Å²) in [6.07, 6.45) is 0.907. The molecule has 158 valence electrons. The Labute approximate surface area is 178 Å². The molecule has 4 rings (SSSR count). The van der Waals surface area contributed by atoms with Crippen LogP contribution in [-0.2, 0) is 4.79 Å². The number of carbonyl (C=O) groups is 2. The molecule has 1 saturated heterocycles. The lowest BCUT2D eigenvalue weighted by molar-refractivity contribution is -0.145. The molecule has 2 amide bonds. The highest BCUT2D eigenvalue weighted by Gasteiger charge is 2.51. The van der Waals surface area contributed by atoms with Crippen molar-refractivity contribution in [3.63, 3.8) is 0 Å². The van der Waals surface area contributed by atoms with Crippen molar-refractivity contribution in [2.75, 3.05) is 26.2 Å². The van der Waals surface area contributed by atoms with Gasteiger partial charge in [0.05, 0.1) is 12.6 Å². The fraction of sp³-hybridized carbons (Fsp3) is 0.364. The molecule has 30 heavy (non-hydrogen) atoms. The average molecular weight is 433 g/mol. The summed E-state index contributed by atoms with van der Waals surface area (Å²) in [5.41, 5.74) is 0.148. The Kier molecular flexibility index (Phi) is 5.53. The SMILES string of the molecule is O=C(c1ccc(-c2ccc(Cl)cc2F)cc1)N1CCN(C(=O)C2(O)CC2)C[C@H]1CO. The summed E-state index contributed by atoms with van der Waals surface area (Å²) in [5.74, 6) is -1.04. The monoisotopic (exact) mass is 432 g/mol. The van der Waals surface area contributed by atoms with Crippen LogP contribution in [0.2, 0.25) is 5.02 Å². The molecule has 0 radical (unpaired) electrons. The maximum Gasteiger partial charge on any atom is 0.254 e. The molecule has 1 heterocycles. The second-order valence-electron chi connectivity index (χ2n) is 7.82. The van der Waals surface area contributed by atoms with Crippen molar-refractivity contribution in [3.8, 4) is 11.1 Å². The summed E-state index contributed by atoms with van der Waals surface area (Å²) in [4.78, 5) is 28.4. The summed E-state index contributed by atoms with van der Waals surface area (Å²) in [6.45, 7) is 0.455. The Morgan fingerprint density at radius 2 is 1.83 bits per heavy atom. The van der Waals surface area contributed by atoms with E-state index in [9.17, 15) is 24.2 Å². The van der Waals surface area contributed by atoms with Crippen LogP contribution in [0.5, 0.6) is 0 Å². The Balaban J connectivity index is 1.48. The van der Waals surface area contributed by atoms with Gasteiger partial charge in [-0.3, -0.25) is 9.59 Å². The molecule has 6 nitrogen and oxygen atoms in total. The number of aliphatic hydroxyl groups excluding tert-OH is 1. The third kappa shape index (κ3) is 3.93. The van der Waals surface area contributed by atoms with E-state index in [1.807, 2.05) is 0 Å². The lowest BCUT2D eigenvalue weighted by atomic mass is 10.0. The largest absolute Gasteiger partial charge is 0.394 e. The van der Waals surface area contributed by atoms with Crippen molar-refractivity contribution in [1.29, 1.82) is 0 Å². The number of rotatable bonds is 4. The topological polar surface area (TPSA) is 81.1 Å². The fourth-order valence-corrected chi connectivity index (χ4v) is 3.93. The van der Waals surface area contributed by atoms with Crippen LogP contribution < -0.4 is 0 Å². The minimum Gasteiger partial charge on any atom is -0.394 e. The smallest absolute Gasteiger partial charge is 0.254 e. The van der Waals surface area contributed by atoms with Gasteiger partial charge in [0.25, 0.3) is 11.8 Å². The fourth-order valence-electron chi connectivity index (χ4n) is 3.77. The van der Waals surface area contributed by atoms with Gasteiger partial charge in [0.1, 0.15) is 11.4 Å². The molecular formula is C22H22ClFN2O4. The van der Waals surface area contributed by atoms with Gasteiger partial charge < -0.3 is 20.0 Å². The van der Waals surface area contributed by atoms with Crippen LogP contribution in [0.15, 0.2) is 42.5 Å². The van der Waals surface area contributed by atoms with E-state index in [4.69, 9.17) is 11.6 Å². The van der Waals surface area contributed by atoms with Gasteiger partial charge in [-0.25, -0.2) is 4.39 Å². The van der Waals surface area contributed by atoms with Gasteiger partial charge in [-0.15, -0.1) is 0 Å². The molecule has 2 fully saturated rings. The molecule has 1 aliphatic carbocycles. The van der Waals surface area contributed by atoms with E-state index < -0.39 is 17.5 Å². The number of aliphatic hydroxyl groups is 2. The Hall–Kier alpha value is -2.48. The lowest BCUT2D eigenvalue weighted by Crippen LogP contribution is -2.59. The third-order valence-corrected chi connectivity index (χ3v) is 5.97. The van der Waals surface area contributed by atoms with Crippen molar-refractivity contribution < 1.29 is 24.2 Å². The van der Waals surface area contributed by atoms with E-state index in [2.05, 4.69) is 0 Å². The predicted octanol–water partition coefficient (Wildman–Crippen LogP) is 2.32. The van der Waals surface area contributed by atoms with Crippen LogP contribution in [0.3, 0.4) is 0 Å². The molecule has 1 saturated carbocycles. The summed E-state index contributed by atoms with van der Waals surface area (Å²) >= 11 is 5.79. The number of hydrogen-bond donors (Lipinski definition) is 2. The molecule has 2 aromatic rings. The van der Waals surface area contributed by atoms with E-state index in [-0.39, 0.29) is 31.5 Å². The van der Waals surface area contributed by atoms with Gasteiger partial charge in [-0.05, 0) is 48.7 Å². The molecule has 0 unspecified atom stereocenters.